The van der Waals surface area contributed by atoms with E-state index in [0.29, 0.717) is 45.8 Å². The van der Waals surface area contributed by atoms with E-state index in [1.165, 1.54) is 4.57 Å². The number of aromatic nitrogens is 3. The average Bonchev–Trinajstić information content (AvgIpc) is 3.12. The second-order valence-corrected chi connectivity index (χ2v) is 7.45. The van der Waals surface area contributed by atoms with Gasteiger partial charge in [0.25, 0.3) is 11.5 Å². The van der Waals surface area contributed by atoms with Crippen LogP contribution in [-0.4, -0.2) is 41.2 Å². The minimum Gasteiger partial charge on any atom is -0.497 e. The average molecular weight is 447 g/mol. The van der Waals surface area contributed by atoms with E-state index >= 15 is 0 Å². The molecular weight excluding hydrogens is 422 g/mol. The van der Waals surface area contributed by atoms with Gasteiger partial charge in [0.1, 0.15) is 22.9 Å². The van der Waals surface area contributed by atoms with E-state index in [9.17, 15) is 9.59 Å². The van der Waals surface area contributed by atoms with Gasteiger partial charge in [0.2, 0.25) is 5.62 Å². The lowest BCUT2D eigenvalue weighted by Crippen LogP contribution is -2.42. The zero-order valence-corrected chi connectivity index (χ0v) is 18.9. The number of methoxy groups -OCH3 is 2. The number of carbonyl (C=O) groups excluding carboxylic acids is 1. The number of benzene rings is 1. The van der Waals surface area contributed by atoms with Gasteiger partial charge in [0, 0.05) is 24.5 Å². The maximum absolute atomic E-state index is 13.6. The molecule has 0 fully saturated rings. The number of rotatable bonds is 6. The predicted octanol–water partition coefficient (Wildman–Crippen LogP) is 1.05. The number of likely N-dealkylation sites (N-methyl/N-ethyl adjacent to an activating group) is 1. The molecule has 3 heterocycles. The molecule has 0 spiro atoms. The molecule has 170 valence electrons. The van der Waals surface area contributed by atoms with Crippen molar-refractivity contribution in [3.63, 3.8) is 0 Å². The number of hydrogen-bond acceptors (Lipinski definition) is 6. The summed E-state index contributed by atoms with van der Waals surface area (Å²) < 4.78 is 12.5. The minimum absolute atomic E-state index is 0.301. The molecule has 1 aromatic carbocycles. The first-order chi connectivity index (χ1) is 16.0. The fourth-order valence-corrected chi connectivity index (χ4v) is 3.95. The Morgan fingerprint density at radius 3 is 2.76 bits per heavy atom. The summed E-state index contributed by atoms with van der Waals surface area (Å²) in [6, 6.07) is 8.16. The van der Waals surface area contributed by atoms with Crippen LogP contribution >= 0.6 is 0 Å². The molecule has 1 atom stereocenters. The third-order valence-electron chi connectivity index (χ3n) is 5.43. The maximum Gasteiger partial charge on any atom is 0.277 e. The van der Waals surface area contributed by atoms with Crippen molar-refractivity contribution >= 4 is 12.0 Å². The van der Waals surface area contributed by atoms with Gasteiger partial charge in [0.05, 0.1) is 25.5 Å². The zero-order chi connectivity index (χ0) is 23.5. The molecule has 1 unspecified atom stereocenters. The molecular formula is C24H25N5O4. The molecule has 9 nitrogen and oxygen atoms in total. The fraction of sp³-hybridized carbons (Fsp3) is 0.250. The summed E-state index contributed by atoms with van der Waals surface area (Å²) in [5, 5.41) is 3.17. The number of ether oxygens (including phenoxy) is 2. The van der Waals surface area contributed by atoms with Crippen LogP contribution in [-0.2, 0) is 4.79 Å². The van der Waals surface area contributed by atoms with Crippen molar-refractivity contribution in [1.82, 2.24) is 19.9 Å². The summed E-state index contributed by atoms with van der Waals surface area (Å²) in [5.41, 5.74) is 2.27. The van der Waals surface area contributed by atoms with Crippen molar-refractivity contribution in [3.05, 3.63) is 86.4 Å². The fourth-order valence-electron chi connectivity index (χ4n) is 3.95. The lowest BCUT2D eigenvalue weighted by molar-refractivity contribution is -0.117. The van der Waals surface area contributed by atoms with Crippen LogP contribution in [0.25, 0.3) is 6.08 Å². The smallest absolute Gasteiger partial charge is 0.277 e. The Hall–Kier alpha value is -4.14. The molecule has 1 aliphatic rings. The van der Waals surface area contributed by atoms with Crippen molar-refractivity contribution in [3.8, 4) is 11.5 Å². The van der Waals surface area contributed by atoms with Crippen LogP contribution in [0.15, 0.2) is 63.8 Å². The third-order valence-corrected chi connectivity index (χ3v) is 5.43. The number of amides is 1. The van der Waals surface area contributed by atoms with E-state index in [0.717, 1.165) is 5.56 Å². The number of pyridine rings is 1. The van der Waals surface area contributed by atoms with E-state index in [1.54, 1.807) is 63.9 Å². The molecule has 0 radical (unpaired) electrons. The van der Waals surface area contributed by atoms with Gasteiger partial charge in [-0.3, -0.25) is 19.1 Å². The van der Waals surface area contributed by atoms with Crippen LogP contribution in [0.2, 0.25) is 0 Å². The highest BCUT2D eigenvalue weighted by molar-refractivity contribution is 5.96. The summed E-state index contributed by atoms with van der Waals surface area (Å²) in [4.78, 5) is 38.4. The van der Waals surface area contributed by atoms with E-state index in [4.69, 9.17) is 9.47 Å². The minimum atomic E-state index is -0.770. The molecule has 0 saturated carbocycles. The van der Waals surface area contributed by atoms with Gasteiger partial charge in [0.15, 0.2) is 0 Å². The Labute approximate surface area is 190 Å². The summed E-state index contributed by atoms with van der Waals surface area (Å²) >= 11 is 0. The number of fused-ring (bicyclic) bond motifs is 1. The van der Waals surface area contributed by atoms with Gasteiger partial charge >= 0.3 is 0 Å². The second kappa shape index (κ2) is 9.15. The van der Waals surface area contributed by atoms with Gasteiger partial charge in [-0.05, 0) is 49.8 Å². The van der Waals surface area contributed by atoms with E-state index < -0.39 is 6.04 Å². The van der Waals surface area contributed by atoms with Crippen LogP contribution < -0.4 is 31.3 Å². The molecule has 0 aliphatic carbocycles. The highest BCUT2D eigenvalue weighted by atomic mass is 16.5. The van der Waals surface area contributed by atoms with Crippen molar-refractivity contribution < 1.29 is 14.3 Å². The molecule has 4 rings (SSSR count). The Bertz CT molecular complexity index is 1400. The van der Waals surface area contributed by atoms with Crippen LogP contribution in [0.4, 0.5) is 0 Å². The maximum atomic E-state index is 13.6. The molecule has 9 heteroatoms. The Morgan fingerprint density at radius 2 is 2.09 bits per heavy atom. The quantitative estimate of drug-likeness (QED) is 0.587. The van der Waals surface area contributed by atoms with Crippen molar-refractivity contribution in [1.29, 1.82) is 0 Å². The SMILES string of the molecule is CCNC(=O)C1=C(C)N=c2[nH]c(=Cc3cccnc3)c(=O)n2C1c1cc(OC)ccc1OC. The Kier molecular flexibility index (Phi) is 6.12. The molecule has 2 N–H and O–H groups in total. The van der Waals surface area contributed by atoms with Crippen LogP contribution in [0.3, 0.4) is 0 Å². The lowest BCUT2D eigenvalue weighted by atomic mass is 9.94. The topological polar surface area (TPSA) is 111 Å². The molecule has 0 saturated heterocycles. The molecule has 2 aromatic heterocycles. The summed E-state index contributed by atoms with van der Waals surface area (Å²) in [6.07, 6.45) is 5.03. The van der Waals surface area contributed by atoms with Gasteiger partial charge in [-0.25, -0.2) is 4.99 Å². The number of hydrogen-bond donors (Lipinski definition) is 2. The van der Waals surface area contributed by atoms with Crippen molar-refractivity contribution in [2.75, 3.05) is 20.8 Å². The number of imidazole rings is 1. The van der Waals surface area contributed by atoms with E-state index in [1.807, 2.05) is 13.0 Å². The Balaban J connectivity index is 2.02. The van der Waals surface area contributed by atoms with Gasteiger partial charge in [-0.2, -0.15) is 0 Å². The van der Waals surface area contributed by atoms with Gasteiger partial charge < -0.3 is 19.8 Å². The summed E-state index contributed by atoms with van der Waals surface area (Å²) in [7, 11) is 3.10. The first-order valence-corrected chi connectivity index (χ1v) is 10.5. The molecule has 33 heavy (non-hydrogen) atoms. The first kappa shape index (κ1) is 22.1. The number of allylic oxidation sites excluding steroid dienone is 1. The van der Waals surface area contributed by atoms with Crippen LogP contribution in [0, 0.1) is 0 Å². The van der Waals surface area contributed by atoms with E-state index in [-0.39, 0.29) is 11.5 Å². The molecule has 0 bridgehead atoms. The number of carbonyl (C=O) groups is 1. The monoisotopic (exact) mass is 447 g/mol. The largest absolute Gasteiger partial charge is 0.497 e. The number of aromatic amines is 1. The van der Waals surface area contributed by atoms with Crippen LogP contribution in [0.5, 0.6) is 11.5 Å². The normalized spacial score (nSPS) is 15.6. The van der Waals surface area contributed by atoms with Gasteiger partial charge in [-0.1, -0.05) is 6.07 Å². The van der Waals surface area contributed by atoms with Gasteiger partial charge in [-0.15, -0.1) is 0 Å². The zero-order valence-electron chi connectivity index (χ0n) is 18.9. The van der Waals surface area contributed by atoms with Crippen LogP contribution in [0.1, 0.15) is 31.0 Å². The summed E-state index contributed by atoms with van der Waals surface area (Å²) in [5.74, 6) is 0.799. The number of nitrogens with zero attached hydrogens (tertiary/aromatic N) is 3. The predicted molar refractivity (Wildman–Crippen MR) is 123 cm³/mol. The van der Waals surface area contributed by atoms with E-state index in [2.05, 4.69) is 20.3 Å². The molecule has 1 amide bonds. The molecule has 3 aromatic rings. The number of nitrogens with one attached hydrogen (secondary N) is 2. The van der Waals surface area contributed by atoms with Crippen molar-refractivity contribution in [2.24, 2.45) is 4.99 Å². The highest BCUT2D eigenvalue weighted by Gasteiger charge is 2.34. The second-order valence-electron chi connectivity index (χ2n) is 7.45. The molecule has 1 aliphatic heterocycles. The first-order valence-electron chi connectivity index (χ1n) is 10.5. The third kappa shape index (κ3) is 4.05. The lowest BCUT2D eigenvalue weighted by Gasteiger charge is -2.26. The number of H-pyrrole nitrogens is 1. The standard InChI is InChI=1S/C24H25N5O4/c1-5-26-22(30)20-14(2)27-24-28-18(11-15-7-6-10-25-13-15)23(31)29(24)21(20)17-12-16(32-3)8-9-19(17)33-4/h6-13,21H,5H2,1-4H3,(H,26,30)(H,27,28). The summed E-state index contributed by atoms with van der Waals surface area (Å²) in [6.45, 7) is 4.03. The highest BCUT2D eigenvalue weighted by Crippen LogP contribution is 2.37. The van der Waals surface area contributed by atoms with Crippen molar-refractivity contribution in [2.45, 2.75) is 19.9 Å². The Morgan fingerprint density at radius 1 is 1.27 bits per heavy atom.